The third-order valence-electron chi connectivity index (χ3n) is 5.03. The van der Waals surface area contributed by atoms with Crippen molar-refractivity contribution >= 4 is 5.91 Å². The van der Waals surface area contributed by atoms with Crippen LogP contribution < -0.4 is 5.56 Å². The van der Waals surface area contributed by atoms with Crippen LogP contribution in [-0.4, -0.2) is 53.9 Å². The van der Waals surface area contributed by atoms with Crippen molar-refractivity contribution in [1.29, 1.82) is 0 Å². The zero-order chi connectivity index (χ0) is 15.7. The van der Waals surface area contributed by atoms with E-state index in [2.05, 4.69) is 24.0 Å². The van der Waals surface area contributed by atoms with E-state index in [1.54, 1.807) is 0 Å². The Hall–Kier alpha value is -1.62. The van der Waals surface area contributed by atoms with E-state index in [-0.39, 0.29) is 11.5 Å². The lowest BCUT2D eigenvalue weighted by Gasteiger charge is -2.23. The van der Waals surface area contributed by atoms with Crippen LogP contribution in [0.2, 0.25) is 0 Å². The molecule has 0 spiro atoms. The smallest absolute Gasteiger partial charge is 0.261 e. The first kappa shape index (κ1) is 15.3. The summed E-state index contributed by atoms with van der Waals surface area (Å²) in [6.45, 7) is 1.48. The van der Waals surface area contributed by atoms with Gasteiger partial charge in [-0.1, -0.05) is 0 Å². The van der Waals surface area contributed by atoms with E-state index in [1.807, 2.05) is 11.0 Å². The van der Waals surface area contributed by atoms with Gasteiger partial charge in [0.25, 0.3) is 11.5 Å². The molecule has 120 valence electrons. The van der Waals surface area contributed by atoms with E-state index >= 15 is 0 Å². The molecule has 0 radical (unpaired) electrons. The summed E-state index contributed by atoms with van der Waals surface area (Å²) < 4.78 is 0. The van der Waals surface area contributed by atoms with Crippen LogP contribution in [0.1, 0.15) is 47.3 Å². The highest BCUT2D eigenvalue weighted by atomic mass is 16.2. The highest BCUT2D eigenvalue weighted by molar-refractivity contribution is 5.94. The third kappa shape index (κ3) is 2.95. The zero-order valence-corrected chi connectivity index (χ0v) is 13.5. The highest BCUT2D eigenvalue weighted by Gasteiger charge is 2.25. The van der Waals surface area contributed by atoms with E-state index in [9.17, 15) is 9.59 Å². The quantitative estimate of drug-likeness (QED) is 0.899. The highest BCUT2D eigenvalue weighted by Crippen LogP contribution is 2.20. The Bertz CT molecular complexity index is 621. The summed E-state index contributed by atoms with van der Waals surface area (Å²) in [5.74, 6) is -0.102. The standard InChI is InChI=1S/C17H25N3O2/c1-19(2)13-6-4-9-20(10-8-13)17(22)14-11-12-5-3-7-15(12)18-16(14)21/h11,13H,3-10H2,1-2H3,(H,18,21). The van der Waals surface area contributed by atoms with Gasteiger partial charge in [-0.25, -0.2) is 0 Å². The molecule has 1 fully saturated rings. The van der Waals surface area contributed by atoms with Crippen LogP contribution in [0.25, 0.3) is 0 Å². The van der Waals surface area contributed by atoms with Crippen molar-refractivity contribution in [3.05, 3.63) is 33.2 Å². The summed E-state index contributed by atoms with van der Waals surface area (Å²) >= 11 is 0. The molecule has 1 unspecified atom stereocenters. The second kappa shape index (κ2) is 6.24. The van der Waals surface area contributed by atoms with Gasteiger partial charge in [-0.3, -0.25) is 9.59 Å². The van der Waals surface area contributed by atoms with Crippen molar-refractivity contribution < 1.29 is 4.79 Å². The van der Waals surface area contributed by atoms with Gasteiger partial charge in [-0.15, -0.1) is 0 Å². The van der Waals surface area contributed by atoms with E-state index in [1.165, 1.54) is 0 Å². The van der Waals surface area contributed by atoms with Crippen LogP contribution in [0.4, 0.5) is 0 Å². The molecule has 0 bridgehead atoms. The molecular formula is C17H25N3O2. The molecular weight excluding hydrogens is 278 g/mol. The number of amides is 1. The number of hydrogen-bond acceptors (Lipinski definition) is 3. The number of pyridine rings is 1. The molecule has 1 N–H and O–H groups in total. The van der Waals surface area contributed by atoms with Crippen molar-refractivity contribution in [3.63, 3.8) is 0 Å². The van der Waals surface area contributed by atoms with Crippen molar-refractivity contribution in [3.8, 4) is 0 Å². The summed E-state index contributed by atoms with van der Waals surface area (Å²) in [7, 11) is 4.18. The number of carbonyl (C=O) groups is 1. The molecule has 1 aliphatic carbocycles. The summed E-state index contributed by atoms with van der Waals surface area (Å²) in [5.41, 5.74) is 2.26. The fraction of sp³-hybridized carbons (Fsp3) is 0.647. The second-order valence-corrected chi connectivity index (χ2v) is 6.71. The van der Waals surface area contributed by atoms with E-state index in [0.29, 0.717) is 11.6 Å². The summed E-state index contributed by atoms with van der Waals surface area (Å²) in [4.78, 5) is 31.9. The van der Waals surface area contributed by atoms with Crippen LogP contribution >= 0.6 is 0 Å². The SMILES string of the molecule is CN(C)C1CCCN(C(=O)c2cc3c([nH]c2=O)CCC3)CC1. The van der Waals surface area contributed by atoms with Gasteiger partial charge in [-0.05, 0) is 64.3 Å². The number of aryl methyl sites for hydroxylation is 2. The Morgan fingerprint density at radius 1 is 1.23 bits per heavy atom. The molecule has 2 aliphatic rings. The molecule has 2 heterocycles. The average molecular weight is 303 g/mol. The molecule has 5 nitrogen and oxygen atoms in total. The number of carbonyl (C=O) groups excluding carboxylic acids is 1. The monoisotopic (exact) mass is 303 g/mol. The lowest BCUT2D eigenvalue weighted by molar-refractivity contribution is 0.0756. The van der Waals surface area contributed by atoms with E-state index in [4.69, 9.17) is 0 Å². The van der Waals surface area contributed by atoms with Crippen LogP contribution in [0, 0.1) is 0 Å². The van der Waals surface area contributed by atoms with Gasteiger partial charge in [0.05, 0.1) is 0 Å². The van der Waals surface area contributed by atoms with Gasteiger partial charge in [-0.2, -0.15) is 0 Å². The maximum Gasteiger partial charge on any atom is 0.261 e. The maximum atomic E-state index is 12.7. The van der Waals surface area contributed by atoms with Crippen LogP contribution in [0.3, 0.4) is 0 Å². The Kier molecular flexibility index (Phi) is 4.34. The lowest BCUT2D eigenvalue weighted by Crippen LogP contribution is -2.36. The molecule has 1 aromatic heterocycles. The van der Waals surface area contributed by atoms with E-state index in [0.717, 1.165) is 62.9 Å². The first-order valence-electron chi connectivity index (χ1n) is 8.27. The molecule has 22 heavy (non-hydrogen) atoms. The van der Waals surface area contributed by atoms with E-state index < -0.39 is 0 Å². The largest absolute Gasteiger partial charge is 0.338 e. The number of likely N-dealkylation sites (tertiary alicyclic amines) is 1. The van der Waals surface area contributed by atoms with Crippen molar-refractivity contribution in [1.82, 2.24) is 14.8 Å². The Labute approximate surface area is 131 Å². The Morgan fingerprint density at radius 3 is 2.82 bits per heavy atom. The summed E-state index contributed by atoms with van der Waals surface area (Å²) in [5, 5.41) is 0. The molecule has 5 heteroatoms. The summed E-state index contributed by atoms with van der Waals surface area (Å²) in [6, 6.07) is 2.36. The molecule has 1 saturated heterocycles. The number of aromatic amines is 1. The van der Waals surface area contributed by atoms with Crippen LogP contribution in [-0.2, 0) is 12.8 Å². The second-order valence-electron chi connectivity index (χ2n) is 6.71. The fourth-order valence-corrected chi connectivity index (χ4v) is 3.64. The Balaban J connectivity index is 1.78. The lowest BCUT2D eigenvalue weighted by atomic mass is 10.1. The minimum Gasteiger partial charge on any atom is -0.338 e. The fourth-order valence-electron chi connectivity index (χ4n) is 3.64. The predicted octanol–water partition coefficient (Wildman–Crippen LogP) is 1.42. The van der Waals surface area contributed by atoms with Crippen molar-refractivity contribution in [2.75, 3.05) is 27.2 Å². The zero-order valence-electron chi connectivity index (χ0n) is 13.5. The van der Waals surface area contributed by atoms with Gasteiger partial charge in [0.1, 0.15) is 5.56 Å². The number of nitrogens with one attached hydrogen (secondary N) is 1. The van der Waals surface area contributed by atoms with Gasteiger partial charge >= 0.3 is 0 Å². The van der Waals surface area contributed by atoms with Gasteiger partial charge in [0, 0.05) is 24.8 Å². The third-order valence-corrected chi connectivity index (χ3v) is 5.03. The minimum atomic E-state index is -0.223. The molecule has 1 aliphatic heterocycles. The van der Waals surface area contributed by atoms with Crippen LogP contribution in [0.15, 0.2) is 10.9 Å². The predicted molar refractivity (Wildman–Crippen MR) is 86.3 cm³/mol. The van der Waals surface area contributed by atoms with Gasteiger partial charge in [0.2, 0.25) is 0 Å². The normalized spacial score (nSPS) is 21.8. The minimum absolute atomic E-state index is 0.102. The first-order valence-corrected chi connectivity index (χ1v) is 8.27. The van der Waals surface area contributed by atoms with Gasteiger partial charge in [0.15, 0.2) is 0 Å². The molecule has 0 saturated carbocycles. The first-order chi connectivity index (χ1) is 10.6. The molecule has 0 aromatic carbocycles. The number of hydrogen-bond donors (Lipinski definition) is 1. The number of aromatic nitrogens is 1. The Morgan fingerprint density at radius 2 is 2.05 bits per heavy atom. The average Bonchev–Trinajstić information content (AvgIpc) is 2.79. The van der Waals surface area contributed by atoms with Gasteiger partial charge < -0.3 is 14.8 Å². The summed E-state index contributed by atoms with van der Waals surface area (Å²) in [6.07, 6.45) is 6.04. The van der Waals surface area contributed by atoms with Crippen molar-refractivity contribution in [2.45, 2.75) is 44.6 Å². The van der Waals surface area contributed by atoms with Crippen molar-refractivity contribution in [2.24, 2.45) is 0 Å². The number of H-pyrrole nitrogens is 1. The molecule has 1 atom stereocenters. The topological polar surface area (TPSA) is 56.4 Å². The number of rotatable bonds is 2. The maximum absolute atomic E-state index is 12.7. The molecule has 1 aromatic rings. The molecule has 1 amide bonds. The number of nitrogens with zero attached hydrogens (tertiary/aromatic N) is 2. The molecule has 3 rings (SSSR count). The van der Waals surface area contributed by atoms with Crippen LogP contribution in [0.5, 0.6) is 0 Å². The number of fused-ring (bicyclic) bond motifs is 1.